The van der Waals surface area contributed by atoms with E-state index >= 15 is 0 Å². The molecule has 1 amide bonds. The minimum absolute atomic E-state index is 0.0459. The number of sulfone groups is 1. The molecule has 21 heavy (non-hydrogen) atoms. The fourth-order valence-electron chi connectivity index (χ4n) is 1.93. The van der Waals surface area contributed by atoms with Crippen molar-refractivity contribution in [1.29, 1.82) is 0 Å². The Balaban J connectivity index is 2.73. The third-order valence-electron chi connectivity index (χ3n) is 3.18. The summed E-state index contributed by atoms with van der Waals surface area (Å²) >= 11 is 6.07. The average molecular weight is 332 g/mol. The molecule has 0 aliphatic carbocycles. The highest BCUT2D eigenvalue weighted by Gasteiger charge is 2.14. The smallest absolute Gasteiger partial charge is 0.227 e. The van der Waals surface area contributed by atoms with E-state index in [2.05, 4.69) is 12.2 Å². The van der Waals surface area contributed by atoms with Crippen LogP contribution in [-0.4, -0.2) is 20.6 Å². The van der Waals surface area contributed by atoms with Crippen LogP contribution in [0.2, 0.25) is 5.02 Å². The van der Waals surface area contributed by atoms with Crippen molar-refractivity contribution in [2.45, 2.75) is 38.9 Å². The first-order valence-electron chi connectivity index (χ1n) is 7.00. The predicted molar refractivity (Wildman–Crippen MR) is 87.3 cm³/mol. The Morgan fingerprint density at radius 2 is 2.05 bits per heavy atom. The largest absolute Gasteiger partial charge is 0.326 e. The number of nitrogens with one attached hydrogen (secondary N) is 1. The molecule has 0 aliphatic heterocycles. The standard InChI is InChI=1S/C15H22ClNO3S/c1-4-5-6-11(2)15(18)17-13-8-7-12(14(16)9-13)10-21(3,19)20/h7-9,11H,4-6,10H2,1-3H3,(H,17,18)/t11-/m1/s1. The fourth-order valence-corrected chi connectivity index (χ4v) is 3.07. The van der Waals surface area contributed by atoms with Crippen molar-refractivity contribution in [2.24, 2.45) is 5.92 Å². The molecule has 0 radical (unpaired) electrons. The number of unbranched alkanes of at least 4 members (excludes halogenated alkanes) is 1. The maximum Gasteiger partial charge on any atom is 0.227 e. The van der Waals surface area contributed by atoms with E-state index in [0.717, 1.165) is 25.5 Å². The van der Waals surface area contributed by atoms with Gasteiger partial charge >= 0.3 is 0 Å². The molecule has 1 aromatic carbocycles. The lowest BCUT2D eigenvalue weighted by atomic mass is 10.0. The maximum atomic E-state index is 12.0. The second-order valence-corrected chi connectivity index (χ2v) is 7.96. The molecule has 0 unspecified atom stereocenters. The molecule has 0 saturated heterocycles. The number of carbonyl (C=O) groups is 1. The van der Waals surface area contributed by atoms with Crippen molar-refractivity contribution in [1.82, 2.24) is 0 Å². The topological polar surface area (TPSA) is 63.2 Å². The van der Waals surface area contributed by atoms with Crippen molar-refractivity contribution in [3.63, 3.8) is 0 Å². The molecule has 1 aromatic rings. The first-order valence-corrected chi connectivity index (χ1v) is 9.43. The number of anilines is 1. The van der Waals surface area contributed by atoms with Gasteiger partial charge in [0.05, 0.1) is 5.75 Å². The normalized spacial score (nSPS) is 13.0. The fraction of sp³-hybridized carbons (Fsp3) is 0.533. The molecule has 0 spiro atoms. The van der Waals surface area contributed by atoms with E-state index in [9.17, 15) is 13.2 Å². The molecule has 118 valence electrons. The Labute approximate surface area is 131 Å². The molecular formula is C15H22ClNO3S. The summed E-state index contributed by atoms with van der Waals surface area (Å²) in [6.07, 6.45) is 4.09. The van der Waals surface area contributed by atoms with Gasteiger partial charge in [-0.1, -0.05) is 44.4 Å². The van der Waals surface area contributed by atoms with E-state index in [0.29, 0.717) is 16.3 Å². The zero-order valence-electron chi connectivity index (χ0n) is 12.6. The molecule has 0 saturated carbocycles. The first-order chi connectivity index (χ1) is 9.73. The quantitative estimate of drug-likeness (QED) is 0.829. The number of hydrogen-bond donors (Lipinski definition) is 1. The number of benzene rings is 1. The van der Waals surface area contributed by atoms with Gasteiger partial charge in [-0.2, -0.15) is 0 Å². The molecule has 0 heterocycles. The van der Waals surface area contributed by atoms with Crippen LogP contribution >= 0.6 is 11.6 Å². The van der Waals surface area contributed by atoms with Gasteiger partial charge in [0.15, 0.2) is 9.84 Å². The van der Waals surface area contributed by atoms with Crippen LogP contribution < -0.4 is 5.32 Å². The van der Waals surface area contributed by atoms with Crippen molar-refractivity contribution >= 4 is 33.0 Å². The highest BCUT2D eigenvalue weighted by atomic mass is 35.5. The maximum absolute atomic E-state index is 12.0. The van der Waals surface area contributed by atoms with Crippen molar-refractivity contribution in [3.8, 4) is 0 Å². The van der Waals surface area contributed by atoms with Crippen LogP contribution in [0, 0.1) is 5.92 Å². The highest BCUT2D eigenvalue weighted by Crippen LogP contribution is 2.23. The third-order valence-corrected chi connectivity index (χ3v) is 4.36. The lowest BCUT2D eigenvalue weighted by molar-refractivity contribution is -0.119. The summed E-state index contributed by atoms with van der Waals surface area (Å²) in [5.41, 5.74) is 1.13. The van der Waals surface area contributed by atoms with Crippen LogP contribution in [0.25, 0.3) is 0 Å². The number of halogens is 1. The summed E-state index contributed by atoms with van der Waals surface area (Å²) in [7, 11) is -3.13. The van der Waals surface area contributed by atoms with Gasteiger partial charge in [-0.05, 0) is 24.1 Å². The molecular weight excluding hydrogens is 310 g/mol. The van der Waals surface area contributed by atoms with Gasteiger partial charge in [-0.25, -0.2) is 8.42 Å². The van der Waals surface area contributed by atoms with Crippen LogP contribution in [-0.2, 0) is 20.4 Å². The number of rotatable bonds is 7. The van der Waals surface area contributed by atoms with E-state index in [1.54, 1.807) is 18.2 Å². The molecule has 0 aromatic heterocycles. The van der Waals surface area contributed by atoms with E-state index in [4.69, 9.17) is 11.6 Å². The average Bonchev–Trinajstić information content (AvgIpc) is 2.37. The van der Waals surface area contributed by atoms with E-state index in [1.807, 2.05) is 6.92 Å². The minimum Gasteiger partial charge on any atom is -0.326 e. The van der Waals surface area contributed by atoms with Crippen molar-refractivity contribution < 1.29 is 13.2 Å². The summed E-state index contributed by atoms with van der Waals surface area (Å²) in [5, 5.41) is 3.16. The van der Waals surface area contributed by atoms with E-state index in [-0.39, 0.29) is 17.6 Å². The van der Waals surface area contributed by atoms with Crippen LogP contribution in [0.15, 0.2) is 18.2 Å². The molecule has 4 nitrogen and oxygen atoms in total. The number of hydrogen-bond acceptors (Lipinski definition) is 3. The zero-order valence-corrected chi connectivity index (χ0v) is 14.2. The SMILES string of the molecule is CCCC[C@@H](C)C(=O)Nc1ccc(CS(C)(=O)=O)c(Cl)c1. The van der Waals surface area contributed by atoms with Crippen LogP contribution in [0.5, 0.6) is 0 Å². The van der Waals surface area contributed by atoms with Gasteiger partial charge in [0.1, 0.15) is 0 Å². The summed E-state index contributed by atoms with van der Waals surface area (Å²) < 4.78 is 22.6. The van der Waals surface area contributed by atoms with Crippen LogP contribution in [0.1, 0.15) is 38.7 Å². The molecule has 6 heteroatoms. The Bertz CT molecular complexity index is 599. The van der Waals surface area contributed by atoms with E-state index < -0.39 is 9.84 Å². The lowest BCUT2D eigenvalue weighted by Crippen LogP contribution is -2.20. The van der Waals surface area contributed by atoms with Crippen LogP contribution in [0.3, 0.4) is 0 Å². The molecule has 1 atom stereocenters. The lowest BCUT2D eigenvalue weighted by Gasteiger charge is -2.12. The number of carbonyl (C=O) groups excluding carboxylic acids is 1. The Kier molecular flexibility index (Phi) is 6.68. The van der Waals surface area contributed by atoms with Crippen molar-refractivity contribution in [3.05, 3.63) is 28.8 Å². The predicted octanol–water partition coefficient (Wildman–Crippen LogP) is 3.65. The molecule has 0 fully saturated rings. The van der Waals surface area contributed by atoms with Gasteiger partial charge in [0, 0.05) is 22.9 Å². The monoisotopic (exact) mass is 331 g/mol. The minimum atomic E-state index is -3.13. The molecule has 0 bridgehead atoms. The Morgan fingerprint density at radius 3 is 2.57 bits per heavy atom. The highest BCUT2D eigenvalue weighted by molar-refractivity contribution is 7.89. The molecule has 0 aliphatic rings. The zero-order chi connectivity index (χ0) is 16.0. The number of amides is 1. The first kappa shape index (κ1) is 18.0. The molecule has 1 N–H and O–H groups in total. The van der Waals surface area contributed by atoms with Crippen molar-refractivity contribution in [2.75, 3.05) is 11.6 Å². The van der Waals surface area contributed by atoms with E-state index in [1.165, 1.54) is 0 Å². The van der Waals surface area contributed by atoms with Crippen LogP contribution in [0.4, 0.5) is 5.69 Å². The van der Waals surface area contributed by atoms with Gasteiger partial charge < -0.3 is 5.32 Å². The summed E-state index contributed by atoms with van der Waals surface area (Å²) in [6.45, 7) is 3.98. The van der Waals surface area contributed by atoms with Gasteiger partial charge in [-0.15, -0.1) is 0 Å². The Morgan fingerprint density at radius 1 is 1.38 bits per heavy atom. The third kappa shape index (κ3) is 6.48. The van der Waals surface area contributed by atoms with Gasteiger partial charge in [0.25, 0.3) is 0 Å². The summed E-state index contributed by atoms with van der Waals surface area (Å²) in [6, 6.07) is 4.90. The second kappa shape index (κ2) is 7.80. The molecule has 1 rings (SSSR count). The van der Waals surface area contributed by atoms with Gasteiger partial charge in [-0.3, -0.25) is 4.79 Å². The second-order valence-electron chi connectivity index (χ2n) is 5.41. The Hall–Kier alpha value is -1.07. The summed E-state index contributed by atoms with van der Waals surface area (Å²) in [4.78, 5) is 12.0. The summed E-state index contributed by atoms with van der Waals surface area (Å²) in [5.74, 6) is -0.206. The van der Waals surface area contributed by atoms with Gasteiger partial charge in [0.2, 0.25) is 5.91 Å².